The van der Waals surface area contributed by atoms with Gasteiger partial charge in [0.15, 0.2) is 5.96 Å². The molecule has 1 aliphatic carbocycles. The number of amides is 3. The van der Waals surface area contributed by atoms with Crippen LogP contribution in [0.15, 0.2) is 35.3 Å². The number of hydrogen-bond donors (Lipinski definition) is 3. The Morgan fingerprint density at radius 2 is 1.96 bits per heavy atom. The molecular weight excluding hydrogens is 445 g/mol. The summed E-state index contributed by atoms with van der Waals surface area (Å²) in [6, 6.07) is 10.3. The van der Waals surface area contributed by atoms with E-state index in [0.717, 1.165) is 6.54 Å². The topological polar surface area (TPSA) is 85.8 Å². The summed E-state index contributed by atoms with van der Waals surface area (Å²) in [4.78, 5) is 28.5. The molecular formula is C18H26IN5O2. The Morgan fingerprint density at radius 1 is 1.23 bits per heavy atom. The van der Waals surface area contributed by atoms with Crippen molar-refractivity contribution in [3.63, 3.8) is 0 Å². The van der Waals surface area contributed by atoms with E-state index in [-0.39, 0.29) is 47.9 Å². The van der Waals surface area contributed by atoms with Crippen LogP contribution in [0.5, 0.6) is 0 Å². The third-order valence-corrected chi connectivity index (χ3v) is 5.08. The first kappa shape index (κ1) is 20.5. The maximum atomic E-state index is 11.6. The first-order chi connectivity index (χ1) is 12.1. The maximum absolute atomic E-state index is 11.6. The molecule has 1 heterocycles. The molecule has 0 aromatic heterocycles. The van der Waals surface area contributed by atoms with Gasteiger partial charge in [-0.05, 0) is 18.4 Å². The molecule has 0 unspecified atom stereocenters. The molecule has 3 rings (SSSR count). The number of nitrogens with one attached hydrogen (secondary N) is 3. The Morgan fingerprint density at radius 3 is 2.50 bits per heavy atom. The number of aliphatic imine (C=N–C) groups is 1. The van der Waals surface area contributed by atoms with Crippen molar-refractivity contribution in [2.24, 2.45) is 4.99 Å². The highest BCUT2D eigenvalue weighted by Gasteiger charge is 2.38. The van der Waals surface area contributed by atoms with Crippen molar-refractivity contribution in [2.45, 2.75) is 24.7 Å². The molecule has 1 aliphatic heterocycles. The average Bonchev–Trinajstić information content (AvgIpc) is 2.92. The van der Waals surface area contributed by atoms with Crippen LogP contribution in [0.4, 0.5) is 4.79 Å². The first-order valence-corrected chi connectivity index (χ1v) is 8.73. The highest BCUT2D eigenvalue weighted by atomic mass is 127. The summed E-state index contributed by atoms with van der Waals surface area (Å²) >= 11 is 0. The van der Waals surface area contributed by atoms with E-state index in [1.54, 1.807) is 7.05 Å². The molecule has 1 saturated carbocycles. The van der Waals surface area contributed by atoms with Gasteiger partial charge in [-0.15, -0.1) is 24.0 Å². The van der Waals surface area contributed by atoms with Crippen LogP contribution in [0.3, 0.4) is 0 Å². The van der Waals surface area contributed by atoms with Crippen molar-refractivity contribution in [3.8, 4) is 0 Å². The summed E-state index contributed by atoms with van der Waals surface area (Å²) in [6.45, 7) is 1.71. The van der Waals surface area contributed by atoms with Crippen LogP contribution in [0.2, 0.25) is 0 Å². The van der Waals surface area contributed by atoms with Gasteiger partial charge < -0.3 is 16.0 Å². The molecule has 26 heavy (non-hydrogen) atoms. The van der Waals surface area contributed by atoms with Crippen molar-refractivity contribution in [2.75, 3.05) is 33.2 Å². The molecule has 0 atom stereocenters. The number of urea groups is 1. The maximum Gasteiger partial charge on any atom is 0.324 e. The zero-order valence-electron chi connectivity index (χ0n) is 15.0. The van der Waals surface area contributed by atoms with Crippen molar-refractivity contribution in [1.29, 1.82) is 0 Å². The Hall–Kier alpha value is -1.84. The van der Waals surface area contributed by atoms with E-state index in [0.29, 0.717) is 19.0 Å². The number of carbonyl (C=O) groups excluding carboxylic acids is 2. The highest BCUT2D eigenvalue weighted by Crippen LogP contribution is 2.43. The Labute approximate surface area is 171 Å². The minimum absolute atomic E-state index is 0. The minimum atomic E-state index is -0.327. The van der Waals surface area contributed by atoms with Crippen LogP contribution in [0.25, 0.3) is 0 Å². The Kier molecular flexibility index (Phi) is 7.24. The van der Waals surface area contributed by atoms with E-state index in [9.17, 15) is 9.59 Å². The number of hydrogen-bond acceptors (Lipinski definition) is 3. The number of halogens is 1. The van der Waals surface area contributed by atoms with Gasteiger partial charge in [0.05, 0.1) is 6.54 Å². The minimum Gasteiger partial charge on any atom is -0.356 e. The normalized spacial score (nSPS) is 18.7. The first-order valence-electron chi connectivity index (χ1n) is 8.73. The fourth-order valence-electron chi connectivity index (χ4n) is 3.40. The van der Waals surface area contributed by atoms with Crippen LogP contribution in [-0.2, 0) is 10.2 Å². The number of imide groups is 1. The fourth-order valence-corrected chi connectivity index (χ4v) is 3.40. The van der Waals surface area contributed by atoms with Gasteiger partial charge in [-0.1, -0.05) is 36.8 Å². The number of nitrogens with zero attached hydrogens (tertiary/aromatic N) is 2. The van der Waals surface area contributed by atoms with Crippen LogP contribution in [0.1, 0.15) is 24.8 Å². The van der Waals surface area contributed by atoms with Crippen LogP contribution >= 0.6 is 24.0 Å². The Balaban J connectivity index is 0.00000243. The number of carbonyl (C=O) groups is 2. The second-order valence-corrected chi connectivity index (χ2v) is 6.56. The lowest BCUT2D eigenvalue weighted by molar-refractivity contribution is -0.124. The molecule has 2 aliphatic rings. The van der Waals surface area contributed by atoms with E-state index in [1.165, 1.54) is 29.7 Å². The monoisotopic (exact) mass is 471 g/mol. The Bertz CT molecular complexity index is 645. The quantitative estimate of drug-likeness (QED) is 0.254. The summed E-state index contributed by atoms with van der Waals surface area (Å²) in [5.74, 6) is 0.501. The number of benzene rings is 1. The van der Waals surface area contributed by atoms with Crippen molar-refractivity contribution >= 4 is 41.9 Å². The van der Waals surface area contributed by atoms with Gasteiger partial charge in [-0.3, -0.25) is 14.7 Å². The van der Waals surface area contributed by atoms with Crippen molar-refractivity contribution in [3.05, 3.63) is 35.9 Å². The van der Waals surface area contributed by atoms with Crippen LogP contribution in [0, 0.1) is 0 Å². The predicted molar refractivity (Wildman–Crippen MR) is 112 cm³/mol. The lowest BCUT2D eigenvalue weighted by atomic mass is 9.64. The molecule has 142 valence electrons. The van der Waals surface area contributed by atoms with E-state index < -0.39 is 0 Å². The third kappa shape index (κ3) is 4.46. The SMILES string of the molecule is CN=C(NCCN1C(=O)CNC1=O)NCC1(c2ccccc2)CCC1.I. The van der Waals surface area contributed by atoms with E-state index in [4.69, 9.17) is 0 Å². The van der Waals surface area contributed by atoms with Gasteiger partial charge in [-0.25, -0.2) is 4.79 Å². The highest BCUT2D eigenvalue weighted by molar-refractivity contribution is 14.0. The van der Waals surface area contributed by atoms with Gasteiger partial charge in [0.1, 0.15) is 0 Å². The summed E-state index contributed by atoms with van der Waals surface area (Å²) in [5, 5.41) is 9.08. The zero-order valence-corrected chi connectivity index (χ0v) is 17.3. The van der Waals surface area contributed by atoms with E-state index >= 15 is 0 Å². The second-order valence-electron chi connectivity index (χ2n) is 6.56. The lowest BCUT2D eigenvalue weighted by Crippen LogP contribution is -2.50. The van der Waals surface area contributed by atoms with Crippen molar-refractivity contribution in [1.82, 2.24) is 20.9 Å². The molecule has 0 bridgehead atoms. The molecule has 1 aromatic carbocycles. The predicted octanol–water partition coefficient (Wildman–Crippen LogP) is 1.44. The fraction of sp³-hybridized carbons (Fsp3) is 0.500. The number of guanidine groups is 1. The molecule has 0 spiro atoms. The van der Waals surface area contributed by atoms with Gasteiger partial charge in [0, 0.05) is 32.1 Å². The number of rotatable bonds is 6. The zero-order chi connectivity index (χ0) is 17.7. The summed E-state index contributed by atoms with van der Waals surface area (Å²) < 4.78 is 0. The van der Waals surface area contributed by atoms with Crippen LogP contribution < -0.4 is 16.0 Å². The van der Waals surface area contributed by atoms with Gasteiger partial charge in [-0.2, -0.15) is 0 Å². The summed E-state index contributed by atoms with van der Waals surface area (Å²) in [5.41, 5.74) is 1.53. The van der Waals surface area contributed by atoms with Crippen LogP contribution in [-0.4, -0.2) is 56.0 Å². The summed E-state index contributed by atoms with van der Waals surface area (Å²) in [6.07, 6.45) is 3.59. The second kappa shape index (κ2) is 9.20. The molecule has 8 heteroatoms. The summed E-state index contributed by atoms with van der Waals surface area (Å²) in [7, 11) is 1.72. The third-order valence-electron chi connectivity index (χ3n) is 5.08. The molecule has 0 radical (unpaired) electrons. The van der Waals surface area contributed by atoms with Gasteiger partial charge in [0.2, 0.25) is 5.91 Å². The van der Waals surface area contributed by atoms with E-state index in [1.807, 2.05) is 6.07 Å². The molecule has 2 fully saturated rings. The lowest BCUT2D eigenvalue weighted by Gasteiger charge is -2.43. The van der Waals surface area contributed by atoms with Gasteiger partial charge in [0.25, 0.3) is 0 Å². The van der Waals surface area contributed by atoms with Gasteiger partial charge >= 0.3 is 6.03 Å². The van der Waals surface area contributed by atoms with E-state index in [2.05, 4.69) is 45.2 Å². The molecule has 1 aromatic rings. The molecule has 7 nitrogen and oxygen atoms in total. The van der Waals surface area contributed by atoms with Crippen molar-refractivity contribution < 1.29 is 9.59 Å². The molecule has 1 saturated heterocycles. The average molecular weight is 471 g/mol. The largest absolute Gasteiger partial charge is 0.356 e. The molecule has 3 amide bonds. The molecule has 3 N–H and O–H groups in total. The smallest absolute Gasteiger partial charge is 0.324 e. The standard InChI is InChI=1S/C18H25N5O2.HI/c1-19-16(20-10-11-23-15(24)12-21-17(23)25)22-13-18(8-5-9-18)14-6-3-2-4-7-14;/h2-4,6-7H,5,8-13H2,1H3,(H,21,25)(H2,19,20,22);1H.